The first-order valence-corrected chi connectivity index (χ1v) is 12.9. The summed E-state index contributed by atoms with van der Waals surface area (Å²) in [6.45, 7) is 3.07. The van der Waals surface area contributed by atoms with Gasteiger partial charge in [0, 0.05) is 5.02 Å². The Morgan fingerprint density at radius 1 is 1.00 bits per heavy atom. The van der Waals surface area contributed by atoms with Crippen LogP contribution in [0.5, 0.6) is 5.75 Å². The van der Waals surface area contributed by atoms with Crippen molar-refractivity contribution in [2.75, 3.05) is 24.6 Å². The third kappa shape index (κ3) is 7.55. The molecule has 0 unspecified atom stereocenters. The van der Waals surface area contributed by atoms with Crippen LogP contribution in [0.2, 0.25) is 5.02 Å². The quantitative estimate of drug-likeness (QED) is 0.236. The molecule has 0 aliphatic carbocycles. The molecule has 0 radical (unpaired) electrons. The molecule has 194 valence electrons. The number of esters is 1. The number of anilines is 1. The molecule has 9 nitrogen and oxygen atoms in total. The number of halogens is 1. The van der Waals surface area contributed by atoms with Gasteiger partial charge in [-0.05, 0) is 91.2 Å². The predicted octanol–water partition coefficient (Wildman–Crippen LogP) is 3.85. The number of ether oxygens (including phenoxy) is 2. The third-order valence-corrected chi connectivity index (χ3v) is 7.37. The van der Waals surface area contributed by atoms with E-state index in [0.717, 1.165) is 15.4 Å². The fraction of sp³-hybridized carbons (Fsp3) is 0.192. The summed E-state index contributed by atoms with van der Waals surface area (Å²) in [5.41, 5.74) is 5.22. The summed E-state index contributed by atoms with van der Waals surface area (Å²) in [6.07, 6.45) is 1.40. The number of nitrogens with zero attached hydrogens (tertiary/aromatic N) is 2. The van der Waals surface area contributed by atoms with Gasteiger partial charge in [-0.25, -0.2) is 18.6 Å². The average Bonchev–Trinajstić information content (AvgIpc) is 2.88. The Morgan fingerprint density at radius 3 is 2.30 bits per heavy atom. The predicted molar refractivity (Wildman–Crippen MR) is 142 cm³/mol. The van der Waals surface area contributed by atoms with Crippen molar-refractivity contribution >= 4 is 45.4 Å². The second-order valence-corrected chi connectivity index (χ2v) is 10.3. The lowest BCUT2D eigenvalue weighted by molar-refractivity contribution is -0.142. The van der Waals surface area contributed by atoms with Crippen molar-refractivity contribution in [3.8, 4) is 5.75 Å². The van der Waals surface area contributed by atoms with Crippen molar-refractivity contribution in [2.24, 2.45) is 5.10 Å². The van der Waals surface area contributed by atoms with Crippen molar-refractivity contribution in [1.82, 2.24) is 5.43 Å². The van der Waals surface area contributed by atoms with E-state index >= 15 is 0 Å². The first-order valence-electron chi connectivity index (χ1n) is 11.1. The Kier molecular flexibility index (Phi) is 9.26. The molecule has 0 saturated carbocycles. The minimum absolute atomic E-state index is 0.000868. The molecule has 0 aliphatic rings. The van der Waals surface area contributed by atoms with Crippen molar-refractivity contribution in [3.63, 3.8) is 0 Å². The highest BCUT2D eigenvalue weighted by atomic mass is 35.5. The van der Waals surface area contributed by atoms with Gasteiger partial charge >= 0.3 is 5.97 Å². The number of hydrogen-bond donors (Lipinski definition) is 1. The summed E-state index contributed by atoms with van der Waals surface area (Å²) in [4.78, 5) is 23.9. The van der Waals surface area contributed by atoms with E-state index in [1.54, 1.807) is 42.5 Å². The minimum Gasteiger partial charge on any atom is -0.482 e. The Labute approximate surface area is 220 Å². The highest BCUT2D eigenvalue weighted by Gasteiger charge is 2.27. The summed E-state index contributed by atoms with van der Waals surface area (Å²) in [5.74, 6) is -0.672. The number of nitrogens with one attached hydrogen (secondary N) is 1. The van der Waals surface area contributed by atoms with E-state index in [-0.39, 0.29) is 11.5 Å². The number of sulfonamides is 1. The van der Waals surface area contributed by atoms with Crippen LogP contribution in [-0.4, -0.2) is 46.8 Å². The molecule has 0 heterocycles. The molecule has 11 heteroatoms. The summed E-state index contributed by atoms with van der Waals surface area (Å²) in [7, 11) is -2.80. The van der Waals surface area contributed by atoms with E-state index in [2.05, 4.69) is 15.3 Å². The highest BCUT2D eigenvalue weighted by Crippen LogP contribution is 2.26. The molecule has 0 saturated heterocycles. The van der Waals surface area contributed by atoms with Gasteiger partial charge in [0.2, 0.25) is 0 Å². The van der Waals surface area contributed by atoms with Crippen molar-refractivity contribution < 1.29 is 27.5 Å². The number of hydrogen-bond acceptors (Lipinski definition) is 7. The normalized spacial score (nSPS) is 11.2. The van der Waals surface area contributed by atoms with Crippen molar-refractivity contribution in [2.45, 2.75) is 18.7 Å². The van der Waals surface area contributed by atoms with Gasteiger partial charge in [0.25, 0.3) is 15.9 Å². The summed E-state index contributed by atoms with van der Waals surface area (Å²) in [5, 5.41) is 4.32. The molecule has 37 heavy (non-hydrogen) atoms. The highest BCUT2D eigenvalue weighted by molar-refractivity contribution is 7.92. The van der Waals surface area contributed by atoms with E-state index in [1.807, 2.05) is 13.8 Å². The van der Waals surface area contributed by atoms with Gasteiger partial charge in [-0.3, -0.25) is 9.10 Å². The Hall–Kier alpha value is -3.89. The Balaban J connectivity index is 1.74. The largest absolute Gasteiger partial charge is 0.482 e. The van der Waals surface area contributed by atoms with Crippen molar-refractivity contribution in [3.05, 3.63) is 88.4 Å². The Bertz CT molecular complexity index is 1390. The van der Waals surface area contributed by atoms with E-state index < -0.39 is 28.4 Å². The van der Waals surface area contributed by atoms with Gasteiger partial charge in [0.05, 0.1) is 23.9 Å². The number of carbonyl (C=O) groups is 2. The number of benzene rings is 3. The number of rotatable bonds is 10. The molecule has 3 aromatic rings. The lowest BCUT2D eigenvalue weighted by Gasteiger charge is -2.24. The maximum Gasteiger partial charge on any atom is 0.343 e. The fourth-order valence-corrected chi connectivity index (χ4v) is 4.66. The zero-order valence-corrected chi connectivity index (χ0v) is 22.0. The monoisotopic (exact) mass is 543 g/mol. The summed E-state index contributed by atoms with van der Waals surface area (Å²) >= 11 is 5.92. The zero-order chi connectivity index (χ0) is 27.0. The zero-order valence-electron chi connectivity index (χ0n) is 20.5. The topological polar surface area (TPSA) is 114 Å². The maximum absolute atomic E-state index is 13.4. The SMILES string of the molecule is COC(=O)COc1ccc(/C=N\NC(=O)CN(c2ccc(C)c(C)c2)S(=O)(=O)c2ccc(Cl)cc2)cc1. The van der Waals surface area contributed by atoms with Gasteiger partial charge in [0.15, 0.2) is 6.61 Å². The fourth-order valence-electron chi connectivity index (χ4n) is 3.13. The lowest BCUT2D eigenvalue weighted by Crippen LogP contribution is -2.39. The minimum atomic E-state index is -4.08. The number of aryl methyl sites for hydroxylation is 2. The van der Waals surface area contributed by atoms with Crippen LogP contribution in [0.1, 0.15) is 16.7 Å². The molecular weight excluding hydrogens is 518 g/mol. The molecule has 0 fully saturated rings. The molecule has 0 atom stereocenters. The lowest BCUT2D eigenvalue weighted by atomic mass is 10.1. The molecule has 3 aromatic carbocycles. The maximum atomic E-state index is 13.4. The van der Waals surface area contributed by atoms with Gasteiger partial charge < -0.3 is 9.47 Å². The van der Waals surface area contributed by atoms with Crippen LogP contribution in [0, 0.1) is 13.8 Å². The van der Waals surface area contributed by atoms with Crippen LogP contribution in [-0.2, 0) is 24.3 Å². The van der Waals surface area contributed by atoms with Crippen LogP contribution >= 0.6 is 11.6 Å². The molecule has 0 spiro atoms. The number of hydrazone groups is 1. The third-order valence-electron chi connectivity index (χ3n) is 5.33. The molecule has 0 aromatic heterocycles. The molecular formula is C26H26ClN3O6S. The summed E-state index contributed by atoms with van der Waals surface area (Å²) < 4.78 is 37.7. The molecule has 0 bridgehead atoms. The first kappa shape index (κ1) is 27.7. The number of methoxy groups -OCH3 is 1. The molecule has 1 N–H and O–H groups in total. The second kappa shape index (κ2) is 12.4. The van der Waals surface area contributed by atoms with Gasteiger partial charge in [0.1, 0.15) is 12.3 Å². The van der Waals surface area contributed by atoms with Crippen LogP contribution in [0.25, 0.3) is 0 Å². The van der Waals surface area contributed by atoms with E-state index in [0.29, 0.717) is 22.0 Å². The number of carbonyl (C=O) groups excluding carboxylic acids is 2. The average molecular weight is 544 g/mol. The van der Waals surface area contributed by atoms with E-state index in [9.17, 15) is 18.0 Å². The molecule has 0 aliphatic heterocycles. The van der Waals surface area contributed by atoms with Crippen molar-refractivity contribution in [1.29, 1.82) is 0 Å². The smallest absolute Gasteiger partial charge is 0.343 e. The van der Waals surface area contributed by atoms with Crippen LogP contribution in [0.4, 0.5) is 5.69 Å². The van der Waals surface area contributed by atoms with Gasteiger partial charge in [-0.1, -0.05) is 17.7 Å². The van der Waals surface area contributed by atoms with Gasteiger partial charge in [-0.2, -0.15) is 5.10 Å². The van der Waals surface area contributed by atoms with Crippen LogP contribution in [0.3, 0.4) is 0 Å². The number of amides is 1. The van der Waals surface area contributed by atoms with Crippen LogP contribution in [0.15, 0.2) is 76.7 Å². The van der Waals surface area contributed by atoms with E-state index in [1.165, 1.54) is 37.6 Å². The molecule has 3 rings (SSSR count). The van der Waals surface area contributed by atoms with E-state index in [4.69, 9.17) is 16.3 Å². The molecule has 1 amide bonds. The Morgan fingerprint density at radius 2 is 1.68 bits per heavy atom. The van der Waals surface area contributed by atoms with Crippen LogP contribution < -0.4 is 14.5 Å². The first-order chi connectivity index (χ1) is 17.6. The van der Waals surface area contributed by atoms with Gasteiger partial charge in [-0.15, -0.1) is 0 Å². The summed E-state index contributed by atoms with van der Waals surface area (Å²) in [6, 6.07) is 17.5. The standard InChI is InChI=1S/C26H26ClN3O6S/c1-18-4-9-22(14-19(18)2)30(37(33,34)24-12-7-21(27)8-13-24)16-25(31)29-28-15-20-5-10-23(11-6-20)36-17-26(32)35-3/h4-15H,16-17H2,1-3H3,(H,29,31)/b28-15-. The second-order valence-electron chi connectivity index (χ2n) is 7.96.